The Balaban J connectivity index is 1.90. The molecule has 116 valence electrons. The van der Waals surface area contributed by atoms with Crippen molar-refractivity contribution in [3.63, 3.8) is 0 Å². The highest BCUT2D eigenvalue weighted by Gasteiger charge is 2.42. The Hall–Kier alpha value is -2.39. The first kappa shape index (κ1) is 14.2. The lowest BCUT2D eigenvalue weighted by Crippen LogP contribution is -2.49. The smallest absolute Gasteiger partial charge is 0.0926 e. The lowest BCUT2D eigenvalue weighted by atomic mass is 9.72. The minimum atomic E-state index is -0.226. The zero-order valence-electron chi connectivity index (χ0n) is 13.3. The second kappa shape index (κ2) is 5.67. The molecule has 0 bridgehead atoms. The molecule has 2 N–H and O–H groups in total. The van der Waals surface area contributed by atoms with Gasteiger partial charge in [-0.25, -0.2) is 4.98 Å². The van der Waals surface area contributed by atoms with Gasteiger partial charge in [0, 0.05) is 24.6 Å². The summed E-state index contributed by atoms with van der Waals surface area (Å²) in [4.78, 5) is 7.98. The Morgan fingerprint density at radius 1 is 0.957 bits per heavy atom. The lowest BCUT2D eigenvalue weighted by molar-refractivity contribution is 0.300. The van der Waals surface area contributed by atoms with Gasteiger partial charge in [-0.15, -0.1) is 0 Å². The number of aromatic amines is 1. The van der Waals surface area contributed by atoms with Crippen LogP contribution in [0.1, 0.15) is 35.4 Å². The molecule has 0 unspecified atom stereocenters. The standard InChI is InChI=1S/C20H21N3/c1-20(19-17(12-13-23-20)21-14-22-19)18(15-8-4-2-5-9-15)16-10-6-3-7-11-16/h2-11,14,18,23H,12-13H2,1H3,(H,21,22)/t20-/m1/s1. The zero-order valence-corrected chi connectivity index (χ0v) is 13.3. The van der Waals surface area contributed by atoms with E-state index < -0.39 is 0 Å². The molecular weight excluding hydrogens is 282 g/mol. The number of hydrogen-bond donors (Lipinski definition) is 2. The fraction of sp³-hybridized carbons (Fsp3) is 0.250. The molecule has 2 heterocycles. The molecule has 0 amide bonds. The van der Waals surface area contributed by atoms with E-state index in [1.54, 1.807) is 0 Å². The third kappa shape index (κ3) is 2.37. The van der Waals surface area contributed by atoms with E-state index in [-0.39, 0.29) is 11.5 Å². The number of aromatic nitrogens is 2. The molecule has 1 atom stereocenters. The van der Waals surface area contributed by atoms with Crippen LogP contribution in [0.25, 0.3) is 0 Å². The van der Waals surface area contributed by atoms with Crippen LogP contribution in [0.4, 0.5) is 0 Å². The van der Waals surface area contributed by atoms with Crippen LogP contribution in [-0.2, 0) is 12.0 Å². The Kier molecular flexibility index (Phi) is 3.50. The monoisotopic (exact) mass is 303 g/mol. The van der Waals surface area contributed by atoms with Crippen molar-refractivity contribution >= 4 is 0 Å². The van der Waals surface area contributed by atoms with Gasteiger partial charge in [-0.05, 0) is 18.1 Å². The van der Waals surface area contributed by atoms with Crippen LogP contribution in [0.5, 0.6) is 0 Å². The summed E-state index contributed by atoms with van der Waals surface area (Å²) in [6.45, 7) is 3.23. The molecule has 0 spiro atoms. The molecule has 3 heteroatoms. The largest absolute Gasteiger partial charge is 0.348 e. The first-order valence-corrected chi connectivity index (χ1v) is 8.16. The van der Waals surface area contributed by atoms with Crippen molar-refractivity contribution in [2.24, 2.45) is 0 Å². The van der Waals surface area contributed by atoms with Gasteiger partial charge in [0.15, 0.2) is 0 Å². The van der Waals surface area contributed by atoms with Crippen LogP contribution < -0.4 is 5.32 Å². The van der Waals surface area contributed by atoms with E-state index in [1.807, 2.05) is 6.33 Å². The number of fused-ring (bicyclic) bond motifs is 1. The Labute approximate surface area is 136 Å². The number of hydrogen-bond acceptors (Lipinski definition) is 2. The van der Waals surface area contributed by atoms with Gasteiger partial charge in [0.05, 0.1) is 17.6 Å². The Morgan fingerprint density at radius 3 is 2.17 bits per heavy atom. The molecule has 0 fully saturated rings. The van der Waals surface area contributed by atoms with Gasteiger partial charge in [0.2, 0.25) is 0 Å². The van der Waals surface area contributed by atoms with Crippen molar-refractivity contribution in [2.45, 2.75) is 24.8 Å². The summed E-state index contributed by atoms with van der Waals surface area (Å²) < 4.78 is 0. The molecule has 2 aromatic carbocycles. The van der Waals surface area contributed by atoms with Crippen LogP contribution in [0.2, 0.25) is 0 Å². The van der Waals surface area contributed by atoms with E-state index in [1.165, 1.54) is 16.8 Å². The number of H-pyrrole nitrogens is 1. The molecule has 0 radical (unpaired) electrons. The van der Waals surface area contributed by atoms with E-state index in [4.69, 9.17) is 0 Å². The summed E-state index contributed by atoms with van der Waals surface area (Å²) in [7, 11) is 0. The predicted octanol–water partition coefficient (Wildman–Crippen LogP) is 3.60. The van der Waals surface area contributed by atoms with Gasteiger partial charge in [0.25, 0.3) is 0 Å². The third-order valence-corrected chi connectivity index (χ3v) is 4.92. The molecule has 0 saturated heterocycles. The summed E-state index contributed by atoms with van der Waals surface area (Å²) in [5, 5.41) is 3.75. The molecule has 1 aliphatic heterocycles. The first-order valence-electron chi connectivity index (χ1n) is 8.16. The number of nitrogens with zero attached hydrogens (tertiary/aromatic N) is 1. The molecule has 23 heavy (non-hydrogen) atoms. The van der Waals surface area contributed by atoms with Gasteiger partial charge < -0.3 is 10.3 Å². The van der Waals surface area contributed by atoms with Gasteiger partial charge in [0.1, 0.15) is 0 Å². The van der Waals surface area contributed by atoms with Gasteiger partial charge in [-0.1, -0.05) is 60.7 Å². The summed E-state index contributed by atoms with van der Waals surface area (Å²) in [6.07, 6.45) is 2.82. The number of imidazole rings is 1. The van der Waals surface area contributed by atoms with Crippen LogP contribution in [-0.4, -0.2) is 16.5 Å². The van der Waals surface area contributed by atoms with Crippen molar-refractivity contribution in [1.29, 1.82) is 0 Å². The molecule has 4 rings (SSSR count). The Bertz CT molecular complexity index is 739. The number of benzene rings is 2. The normalized spacial score (nSPS) is 20.4. The van der Waals surface area contributed by atoms with Crippen molar-refractivity contribution in [3.05, 3.63) is 89.5 Å². The van der Waals surface area contributed by atoms with Gasteiger partial charge in [-0.3, -0.25) is 0 Å². The number of rotatable bonds is 3. The maximum atomic E-state index is 4.66. The van der Waals surface area contributed by atoms with E-state index in [9.17, 15) is 0 Å². The molecule has 0 aliphatic carbocycles. The van der Waals surface area contributed by atoms with E-state index in [2.05, 4.69) is 82.9 Å². The van der Waals surface area contributed by atoms with Crippen molar-refractivity contribution in [1.82, 2.24) is 15.3 Å². The average molecular weight is 303 g/mol. The quantitative estimate of drug-likeness (QED) is 0.776. The third-order valence-electron chi connectivity index (χ3n) is 4.92. The SMILES string of the molecule is C[C@]1(C(c2ccccc2)c2ccccc2)NCCc2[nH]cnc21. The van der Waals surface area contributed by atoms with Crippen LogP contribution in [0.3, 0.4) is 0 Å². The summed E-state index contributed by atoms with van der Waals surface area (Å²) in [5.74, 6) is 0.215. The molecule has 3 nitrogen and oxygen atoms in total. The second-order valence-corrected chi connectivity index (χ2v) is 6.36. The maximum absolute atomic E-state index is 4.66. The van der Waals surface area contributed by atoms with Crippen molar-refractivity contribution in [2.75, 3.05) is 6.54 Å². The van der Waals surface area contributed by atoms with E-state index in [0.717, 1.165) is 18.7 Å². The van der Waals surface area contributed by atoms with E-state index >= 15 is 0 Å². The van der Waals surface area contributed by atoms with Crippen molar-refractivity contribution < 1.29 is 0 Å². The van der Waals surface area contributed by atoms with Gasteiger partial charge in [-0.2, -0.15) is 0 Å². The fourth-order valence-electron chi connectivity index (χ4n) is 3.88. The highest BCUT2D eigenvalue weighted by Crippen LogP contribution is 2.43. The van der Waals surface area contributed by atoms with Crippen LogP contribution in [0, 0.1) is 0 Å². The minimum Gasteiger partial charge on any atom is -0.348 e. The first-order chi connectivity index (χ1) is 11.3. The topological polar surface area (TPSA) is 40.7 Å². The molecule has 3 aromatic rings. The average Bonchev–Trinajstić information content (AvgIpc) is 3.07. The zero-order chi connectivity index (χ0) is 15.7. The highest BCUT2D eigenvalue weighted by molar-refractivity contribution is 5.41. The second-order valence-electron chi connectivity index (χ2n) is 6.36. The predicted molar refractivity (Wildman–Crippen MR) is 92.4 cm³/mol. The molecule has 1 aliphatic rings. The van der Waals surface area contributed by atoms with Crippen LogP contribution >= 0.6 is 0 Å². The van der Waals surface area contributed by atoms with E-state index in [0.29, 0.717) is 0 Å². The molecular formula is C20H21N3. The fourth-order valence-corrected chi connectivity index (χ4v) is 3.88. The Morgan fingerprint density at radius 2 is 1.57 bits per heavy atom. The van der Waals surface area contributed by atoms with Gasteiger partial charge >= 0.3 is 0 Å². The summed E-state index contributed by atoms with van der Waals surface area (Å²) in [5.41, 5.74) is 4.79. The van der Waals surface area contributed by atoms with Crippen molar-refractivity contribution in [3.8, 4) is 0 Å². The summed E-state index contributed by atoms with van der Waals surface area (Å²) >= 11 is 0. The molecule has 0 saturated carbocycles. The highest BCUT2D eigenvalue weighted by atomic mass is 15.1. The molecule has 1 aromatic heterocycles. The summed E-state index contributed by atoms with van der Waals surface area (Å²) in [6, 6.07) is 21.5. The lowest BCUT2D eigenvalue weighted by Gasteiger charge is -2.41. The maximum Gasteiger partial charge on any atom is 0.0926 e. The minimum absolute atomic E-state index is 0.215. The number of nitrogens with one attached hydrogen (secondary N) is 2. The van der Waals surface area contributed by atoms with Crippen LogP contribution in [0.15, 0.2) is 67.0 Å².